The molecule has 0 unspecified atom stereocenters. The molecule has 92 valence electrons. The molecule has 1 aromatic rings. The van der Waals surface area contributed by atoms with E-state index in [1.165, 1.54) is 0 Å². The molecule has 2 saturated heterocycles. The second-order valence-electron chi connectivity index (χ2n) is 3.55. The van der Waals surface area contributed by atoms with Crippen molar-refractivity contribution in [3.63, 3.8) is 0 Å². The third-order valence-corrected chi connectivity index (χ3v) is 5.10. The molecular formula is C10H11O6P. The van der Waals surface area contributed by atoms with E-state index in [4.69, 9.17) is 22.6 Å². The van der Waals surface area contributed by atoms with Gasteiger partial charge in [0.05, 0.1) is 0 Å². The van der Waals surface area contributed by atoms with Crippen LogP contribution in [0.15, 0.2) is 30.3 Å². The second-order valence-corrected chi connectivity index (χ2v) is 6.18. The van der Waals surface area contributed by atoms with Crippen molar-refractivity contribution in [3.05, 3.63) is 30.3 Å². The Labute approximate surface area is 97.7 Å². The number of hydrogen-bond acceptors (Lipinski definition) is 6. The molecule has 2 heterocycles. The van der Waals surface area contributed by atoms with Crippen LogP contribution in [0.5, 0.6) is 5.75 Å². The number of hydrogen-bond donors (Lipinski definition) is 0. The van der Waals surface area contributed by atoms with Crippen molar-refractivity contribution in [2.45, 2.75) is 0 Å². The fourth-order valence-corrected chi connectivity index (χ4v) is 4.16. The van der Waals surface area contributed by atoms with Crippen LogP contribution >= 0.6 is 7.74 Å². The van der Waals surface area contributed by atoms with Gasteiger partial charge in [0.1, 0.15) is 0 Å². The molecule has 3 rings (SSSR count). The van der Waals surface area contributed by atoms with Crippen molar-refractivity contribution >= 4 is 13.7 Å². The molecule has 0 radical (unpaired) electrons. The normalized spacial score (nSPS) is 27.3. The van der Waals surface area contributed by atoms with E-state index in [1.807, 2.05) is 6.07 Å². The summed E-state index contributed by atoms with van der Waals surface area (Å²) in [4.78, 5) is 11.2. The summed E-state index contributed by atoms with van der Waals surface area (Å²) in [5.41, 5.74) is 0. The standard InChI is InChI=1S/C10H11O6P/c11-10-8-14-17(16-10,12-6-7-13-17)15-9-4-2-1-3-5-9/h1-5H,6-8H2. The van der Waals surface area contributed by atoms with Gasteiger partial charge in [-0.1, -0.05) is 0 Å². The Balaban J connectivity index is 1.93. The van der Waals surface area contributed by atoms with Crippen molar-refractivity contribution < 1.29 is 27.4 Å². The fraction of sp³-hybridized carbons (Fsp3) is 0.300. The van der Waals surface area contributed by atoms with E-state index in [0.29, 0.717) is 5.75 Å². The summed E-state index contributed by atoms with van der Waals surface area (Å²) in [6.07, 6.45) is 0. The quantitative estimate of drug-likeness (QED) is 0.754. The van der Waals surface area contributed by atoms with E-state index in [9.17, 15) is 4.79 Å². The molecule has 1 aromatic carbocycles. The SMILES string of the molecule is O=C1COP2(Oc3ccccc3)(OCCO2)O1. The van der Waals surface area contributed by atoms with E-state index in [1.54, 1.807) is 24.3 Å². The molecule has 0 saturated carbocycles. The van der Waals surface area contributed by atoms with Crippen LogP contribution in [-0.2, 0) is 22.9 Å². The van der Waals surface area contributed by atoms with Crippen LogP contribution in [0.4, 0.5) is 0 Å². The van der Waals surface area contributed by atoms with Gasteiger partial charge in [-0.05, 0) is 0 Å². The first-order chi connectivity index (χ1) is 8.20. The fourth-order valence-electron chi connectivity index (χ4n) is 1.67. The van der Waals surface area contributed by atoms with Gasteiger partial charge in [-0.15, -0.1) is 0 Å². The monoisotopic (exact) mass is 258 g/mol. The Hall–Kier alpha value is -1.20. The van der Waals surface area contributed by atoms with Crippen LogP contribution in [0.1, 0.15) is 0 Å². The molecule has 0 aliphatic carbocycles. The Morgan fingerprint density at radius 2 is 1.76 bits per heavy atom. The number of benzene rings is 1. The zero-order chi connectivity index (χ0) is 11.8. The maximum atomic E-state index is 11.2. The molecule has 2 aliphatic heterocycles. The molecule has 2 fully saturated rings. The van der Waals surface area contributed by atoms with Gasteiger partial charge in [-0.25, -0.2) is 0 Å². The third kappa shape index (κ3) is 1.79. The van der Waals surface area contributed by atoms with Crippen molar-refractivity contribution in [1.29, 1.82) is 0 Å². The summed E-state index contributed by atoms with van der Waals surface area (Å²) in [6, 6.07) is 8.84. The van der Waals surface area contributed by atoms with Crippen LogP contribution < -0.4 is 4.52 Å². The third-order valence-electron chi connectivity index (χ3n) is 2.33. The molecule has 6 nitrogen and oxygen atoms in total. The van der Waals surface area contributed by atoms with Gasteiger partial charge < -0.3 is 0 Å². The van der Waals surface area contributed by atoms with Gasteiger partial charge in [0.15, 0.2) is 0 Å². The molecule has 0 atom stereocenters. The molecule has 0 bridgehead atoms. The molecular weight excluding hydrogens is 247 g/mol. The molecule has 1 spiro atoms. The number of carbonyl (C=O) groups excluding carboxylic acids is 1. The summed E-state index contributed by atoms with van der Waals surface area (Å²) in [5, 5.41) is 0. The first-order valence-electron chi connectivity index (χ1n) is 5.16. The summed E-state index contributed by atoms with van der Waals surface area (Å²) in [7, 11) is -4.15. The second kappa shape index (κ2) is 3.65. The van der Waals surface area contributed by atoms with Crippen LogP contribution in [-0.4, -0.2) is 25.8 Å². The minimum absolute atomic E-state index is 0.218. The Kier molecular flexibility index (Phi) is 2.34. The Morgan fingerprint density at radius 3 is 2.35 bits per heavy atom. The van der Waals surface area contributed by atoms with Gasteiger partial charge in [-0.2, -0.15) is 0 Å². The van der Waals surface area contributed by atoms with Crippen molar-refractivity contribution in [3.8, 4) is 5.75 Å². The average molecular weight is 258 g/mol. The van der Waals surface area contributed by atoms with Gasteiger partial charge in [-0.3, -0.25) is 0 Å². The Morgan fingerprint density at radius 1 is 1.06 bits per heavy atom. The van der Waals surface area contributed by atoms with Crippen LogP contribution in [0.25, 0.3) is 0 Å². The summed E-state index contributed by atoms with van der Waals surface area (Å²) < 4.78 is 26.8. The number of para-hydroxylation sites is 1. The zero-order valence-corrected chi connectivity index (χ0v) is 9.80. The van der Waals surface area contributed by atoms with E-state index in [2.05, 4.69) is 0 Å². The zero-order valence-electron chi connectivity index (χ0n) is 8.90. The van der Waals surface area contributed by atoms with E-state index in [-0.39, 0.29) is 19.8 Å². The number of rotatable bonds is 2. The molecule has 0 amide bonds. The maximum absolute atomic E-state index is 11.2. The van der Waals surface area contributed by atoms with E-state index < -0.39 is 13.7 Å². The molecule has 0 N–H and O–H groups in total. The van der Waals surface area contributed by atoms with E-state index in [0.717, 1.165) is 0 Å². The molecule has 2 aliphatic rings. The van der Waals surface area contributed by atoms with Gasteiger partial charge in [0.25, 0.3) is 0 Å². The van der Waals surface area contributed by atoms with Crippen LogP contribution in [0.3, 0.4) is 0 Å². The summed E-state index contributed by atoms with van der Waals surface area (Å²) in [6.45, 7) is 0.334. The van der Waals surface area contributed by atoms with Gasteiger partial charge in [0, 0.05) is 0 Å². The van der Waals surface area contributed by atoms with Crippen LogP contribution in [0, 0.1) is 0 Å². The molecule has 7 heteroatoms. The van der Waals surface area contributed by atoms with Gasteiger partial charge >= 0.3 is 97.0 Å². The van der Waals surface area contributed by atoms with Crippen molar-refractivity contribution in [2.24, 2.45) is 0 Å². The Bertz CT molecular complexity index is 441. The predicted octanol–water partition coefficient (Wildman–Crippen LogP) is 1.81. The summed E-state index contributed by atoms with van der Waals surface area (Å²) in [5.74, 6) is -0.0673. The van der Waals surface area contributed by atoms with Gasteiger partial charge in [0.2, 0.25) is 0 Å². The molecule has 17 heavy (non-hydrogen) atoms. The number of carbonyl (C=O) groups is 1. The minimum atomic E-state index is -4.15. The van der Waals surface area contributed by atoms with Crippen molar-refractivity contribution in [2.75, 3.05) is 19.8 Å². The first-order valence-corrected chi connectivity index (χ1v) is 6.98. The predicted molar refractivity (Wildman–Crippen MR) is 57.9 cm³/mol. The summed E-state index contributed by atoms with van der Waals surface area (Å²) >= 11 is 0. The topological polar surface area (TPSA) is 63.2 Å². The average Bonchev–Trinajstić information content (AvgIpc) is 2.87. The first kappa shape index (κ1) is 10.9. The van der Waals surface area contributed by atoms with Crippen LogP contribution in [0.2, 0.25) is 0 Å². The van der Waals surface area contributed by atoms with E-state index >= 15 is 0 Å². The van der Waals surface area contributed by atoms with Crippen molar-refractivity contribution in [1.82, 2.24) is 0 Å². The molecule has 0 aromatic heterocycles.